The maximum atomic E-state index is 6.54. The van der Waals surface area contributed by atoms with E-state index in [1.54, 1.807) is 0 Å². The molecule has 0 atom stereocenters. The second-order valence-electron chi connectivity index (χ2n) is 23.5. The van der Waals surface area contributed by atoms with Crippen LogP contribution in [0.2, 0.25) is 78.6 Å². The van der Waals surface area contributed by atoms with Gasteiger partial charge in [-0.15, -0.1) is 0 Å². The number of para-hydroxylation sites is 2. The van der Waals surface area contributed by atoms with Crippen LogP contribution in [0.15, 0.2) is 168 Å². The largest absolute Gasteiger partial charge is 0.455 e. The van der Waals surface area contributed by atoms with Crippen LogP contribution >= 0.6 is 0 Å². The van der Waals surface area contributed by atoms with E-state index in [9.17, 15) is 0 Å². The number of rotatable bonds is 8. The minimum absolute atomic E-state index is 0.0621. The summed E-state index contributed by atoms with van der Waals surface area (Å²) in [6.07, 6.45) is 0. The van der Waals surface area contributed by atoms with Crippen molar-refractivity contribution in [1.82, 2.24) is 0 Å². The molecule has 68 heavy (non-hydrogen) atoms. The molecule has 0 unspecified atom stereocenters. The van der Waals surface area contributed by atoms with Crippen LogP contribution in [0.5, 0.6) is 0 Å². The highest BCUT2D eigenvalue weighted by atomic mass is 28.3. The maximum Gasteiger partial charge on any atom is 0.252 e. The smallest absolute Gasteiger partial charge is 0.252 e. The van der Waals surface area contributed by atoms with E-state index in [2.05, 4.69) is 246 Å². The Labute approximate surface area is 408 Å². The fourth-order valence-corrected chi connectivity index (χ4v) is 15.3. The molecule has 0 N–H and O–H groups in total. The highest BCUT2D eigenvalue weighted by Crippen LogP contribution is 2.46. The molecule has 0 spiro atoms. The quantitative estimate of drug-likeness (QED) is 0.142. The number of furan rings is 1. The third kappa shape index (κ3) is 7.52. The summed E-state index contributed by atoms with van der Waals surface area (Å²) in [6.45, 7) is 29.6. The summed E-state index contributed by atoms with van der Waals surface area (Å²) >= 11 is 0. The number of benzene rings is 8. The molecule has 0 saturated carbocycles. The third-order valence-corrected chi connectivity index (χ3v) is 22.9. The molecule has 2 aliphatic heterocycles. The Morgan fingerprint density at radius 2 is 0.809 bits per heavy atom. The molecule has 3 heterocycles. The molecule has 0 fully saturated rings. The number of hydrogen-bond donors (Lipinski definition) is 0. The van der Waals surface area contributed by atoms with E-state index in [1.807, 2.05) is 6.07 Å². The average molecular weight is 951 g/mol. The second-order valence-corrected chi connectivity index (χ2v) is 43.8. The topological polar surface area (TPSA) is 19.6 Å². The minimum atomic E-state index is -1.70. The molecule has 8 heteroatoms. The van der Waals surface area contributed by atoms with Crippen LogP contribution < -0.4 is 46.9 Å². The maximum absolute atomic E-state index is 6.54. The number of nitrogens with zero attached hydrogens (tertiary/aromatic N) is 2. The van der Waals surface area contributed by atoms with Gasteiger partial charge in [0.25, 0.3) is 6.71 Å². The van der Waals surface area contributed by atoms with E-state index in [0.717, 1.165) is 33.1 Å². The highest BCUT2D eigenvalue weighted by Gasteiger charge is 2.44. The Kier molecular flexibility index (Phi) is 10.4. The van der Waals surface area contributed by atoms with Crippen molar-refractivity contribution >= 4 is 132 Å². The van der Waals surface area contributed by atoms with Gasteiger partial charge in [0.15, 0.2) is 0 Å². The summed E-state index contributed by atoms with van der Waals surface area (Å²) in [5.74, 6) is 0. The zero-order valence-electron chi connectivity index (χ0n) is 42.0. The molecular weight excluding hydrogens is 888 g/mol. The normalized spacial score (nSPS) is 13.8. The van der Waals surface area contributed by atoms with E-state index in [-0.39, 0.29) is 6.71 Å². The monoisotopic (exact) mass is 950 g/mol. The molecule has 1 aromatic heterocycles. The van der Waals surface area contributed by atoms with Crippen molar-refractivity contribution in [3.63, 3.8) is 0 Å². The number of anilines is 6. The van der Waals surface area contributed by atoms with Gasteiger partial charge >= 0.3 is 0 Å². The van der Waals surface area contributed by atoms with E-state index in [4.69, 9.17) is 4.42 Å². The fourth-order valence-electron chi connectivity index (χ4n) is 10.7. The Morgan fingerprint density at radius 1 is 0.368 bits per heavy atom. The van der Waals surface area contributed by atoms with Gasteiger partial charge in [-0.25, -0.2) is 0 Å². The SMILES string of the molecule is C[Si](C)(C)c1ccc(N2c3cc([Si](C)(C)C)ccc3B3c4ccc([Si](C)(C)C)cc4N(c4ccc([Si](C)(C)C)cc4)c4cc(-c5ccc(-c6cccc7c6oc6ccccc67)cc5)cc2c43)cc1. The molecule has 3 nitrogen and oxygen atoms in total. The van der Waals surface area contributed by atoms with E-state index in [1.165, 1.54) is 82.4 Å². The second kappa shape index (κ2) is 15.8. The first-order chi connectivity index (χ1) is 32.2. The first-order valence-corrected chi connectivity index (χ1v) is 38.5. The molecule has 9 aromatic rings. The molecule has 0 aliphatic carbocycles. The van der Waals surface area contributed by atoms with Crippen molar-refractivity contribution < 1.29 is 4.42 Å². The predicted molar refractivity (Wildman–Crippen MR) is 311 cm³/mol. The molecule has 0 bridgehead atoms. The standard InChI is InChI=1S/C60H63BN2OSi4/c1-65(2,3)45-28-24-43(25-29-45)62-54-38-47(67(7,8)9)32-34-52(54)61-53-35-33-48(68(10,11)12)39-55(53)63(44-26-30-46(31-27-44)66(4,5)6)57-37-42(36-56(62)59(57)61)40-20-22-41(23-21-40)49-17-15-18-51-50-16-13-14-19-58(50)64-60(49)51/h13-39H,1-12H3. The summed E-state index contributed by atoms with van der Waals surface area (Å²) < 4.78 is 6.54. The summed E-state index contributed by atoms with van der Waals surface area (Å²) in [7, 11) is -6.50. The Hall–Kier alpha value is -5.91. The van der Waals surface area contributed by atoms with Gasteiger partial charge < -0.3 is 14.2 Å². The molecule has 8 aromatic carbocycles. The van der Waals surface area contributed by atoms with Gasteiger partial charge in [0.1, 0.15) is 11.2 Å². The van der Waals surface area contributed by atoms with Crippen molar-refractivity contribution in [2.45, 2.75) is 78.6 Å². The van der Waals surface area contributed by atoms with E-state index < -0.39 is 32.3 Å². The van der Waals surface area contributed by atoms with Crippen LogP contribution in [0.25, 0.3) is 44.2 Å². The van der Waals surface area contributed by atoms with Crippen molar-refractivity contribution in [1.29, 1.82) is 0 Å². The zero-order chi connectivity index (χ0) is 47.7. The summed E-state index contributed by atoms with van der Waals surface area (Å²) in [4.78, 5) is 5.24. The zero-order valence-corrected chi connectivity index (χ0v) is 46.0. The summed E-state index contributed by atoms with van der Waals surface area (Å²) in [6, 6.07) is 63.4. The molecule has 0 saturated heterocycles. The van der Waals surface area contributed by atoms with Crippen molar-refractivity contribution in [3.05, 3.63) is 164 Å². The van der Waals surface area contributed by atoms with Crippen LogP contribution in [0.4, 0.5) is 34.1 Å². The van der Waals surface area contributed by atoms with Gasteiger partial charge in [-0.3, -0.25) is 0 Å². The van der Waals surface area contributed by atoms with Crippen molar-refractivity contribution in [3.8, 4) is 22.3 Å². The minimum Gasteiger partial charge on any atom is -0.455 e. The molecule has 11 rings (SSSR count). The fraction of sp³-hybridized carbons (Fsp3) is 0.200. The lowest BCUT2D eigenvalue weighted by Crippen LogP contribution is -2.62. The van der Waals surface area contributed by atoms with Gasteiger partial charge in [-0.1, -0.05) is 209 Å². The molecule has 2 aliphatic rings. The number of hydrogen-bond acceptors (Lipinski definition) is 3. The van der Waals surface area contributed by atoms with Crippen LogP contribution in [0, 0.1) is 0 Å². The van der Waals surface area contributed by atoms with Crippen LogP contribution in [0.3, 0.4) is 0 Å². The van der Waals surface area contributed by atoms with Gasteiger partial charge in [-0.05, 0) is 87.7 Å². The van der Waals surface area contributed by atoms with Crippen molar-refractivity contribution in [2.24, 2.45) is 0 Å². The Bertz CT molecular complexity index is 3290. The lowest BCUT2D eigenvalue weighted by molar-refractivity contribution is 0.670. The Balaban J connectivity index is 1.19. The first-order valence-electron chi connectivity index (χ1n) is 24.5. The van der Waals surface area contributed by atoms with Gasteiger partial charge in [0.2, 0.25) is 0 Å². The average Bonchev–Trinajstić information content (AvgIpc) is 3.69. The predicted octanol–water partition coefficient (Wildman–Crippen LogP) is 13.2. The summed E-state index contributed by atoms with van der Waals surface area (Å²) in [5, 5.41) is 8.20. The Morgan fingerprint density at radius 3 is 1.29 bits per heavy atom. The van der Waals surface area contributed by atoms with Gasteiger partial charge in [-0.2, -0.15) is 0 Å². The summed E-state index contributed by atoms with van der Waals surface area (Å²) in [5.41, 5.74) is 18.1. The van der Waals surface area contributed by atoms with Crippen LogP contribution in [-0.4, -0.2) is 39.0 Å². The molecule has 338 valence electrons. The molecule has 0 radical (unpaired) electrons. The lowest BCUT2D eigenvalue weighted by Gasteiger charge is -2.45. The van der Waals surface area contributed by atoms with Crippen LogP contribution in [-0.2, 0) is 0 Å². The molecular formula is C60H63BN2OSi4. The number of fused-ring (bicyclic) bond motifs is 7. The lowest BCUT2D eigenvalue weighted by atomic mass is 9.33. The van der Waals surface area contributed by atoms with E-state index >= 15 is 0 Å². The highest BCUT2D eigenvalue weighted by molar-refractivity contribution is 7.01. The first kappa shape index (κ1) is 44.6. The third-order valence-electron chi connectivity index (χ3n) is 14.7. The van der Waals surface area contributed by atoms with Crippen molar-refractivity contribution in [2.75, 3.05) is 9.80 Å². The van der Waals surface area contributed by atoms with E-state index in [0.29, 0.717) is 0 Å². The molecule has 0 amide bonds. The van der Waals surface area contributed by atoms with Gasteiger partial charge in [0, 0.05) is 50.5 Å². The van der Waals surface area contributed by atoms with Crippen LogP contribution in [0.1, 0.15) is 0 Å². The van der Waals surface area contributed by atoms with Gasteiger partial charge in [0.05, 0.1) is 32.3 Å².